The highest BCUT2D eigenvalue weighted by molar-refractivity contribution is 9.10. The number of aromatic nitrogens is 1. The maximum absolute atomic E-state index is 11.6. The van der Waals surface area contributed by atoms with Gasteiger partial charge in [-0.1, -0.05) is 6.92 Å². The van der Waals surface area contributed by atoms with Crippen LogP contribution in [0.25, 0.3) is 0 Å². The molecule has 1 heterocycles. The Morgan fingerprint density at radius 3 is 2.88 bits per heavy atom. The Morgan fingerprint density at radius 2 is 2.29 bits per heavy atom. The third kappa shape index (κ3) is 5.28. The molecule has 0 aliphatic heterocycles. The van der Waals surface area contributed by atoms with E-state index in [0.29, 0.717) is 6.54 Å². The summed E-state index contributed by atoms with van der Waals surface area (Å²) in [5.74, 6) is 0.0314. The number of carbonyl (C=O) groups is 1. The van der Waals surface area contributed by atoms with Crippen LogP contribution in [-0.2, 0) is 11.3 Å². The maximum Gasteiger partial charge on any atom is 0.236 e. The van der Waals surface area contributed by atoms with Gasteiger partial charge < -0.3 is 10.6 Å². The van der Waals surface area contributed by atoms with E-state index in [9.17, 15) is 4.79 Å². The second kappa shape index (κ2) is 7.40. The van der Waals surface area contributed by atoms with Crippen LogP contribution in [0.2, 0.25) is 0 Å². The predicted octanol–water partition coefficient (Wildman–Crippen LogP) is 1.85. The Kier molecular flexibility index (Phi) is 6.15. The average molecular weight is 300 g/mol. The minimum atomic E-state index is -0.202. The van der Waals surface area contributed by atoms with Crippen LogP contribution in [0.5, 0.6) is 0 Å². The lowest BCUT2D eigenvalue weighted by Gasteiger charge is -2.13. The van der Waals surface area contributed by atoms with Crippen LogP contribution in [0.1, 0.15) is 26.0 Å². The number of nitrogens with one attached hydrogen (secondary N) is 2. The molecule has 0 bridgehead atoms. The Labute approximate surface area is 110 Å². The first-order valence-corrected chi connectivity index (χ1v) is 6.54. The number of pyridine rings is 1. The number of halogens is 1. The highest BCUT2D eigenvalue weighted by Gasteiger charge is 2.10. The van der Waals surface area contributed by atoms with Gasteiger partial charge in [-0.2, -0.15) is 0 Å². The van der Waals surface area contributed by atoms with Crippen LogP contribution in [0, 0.1) is 0 Å². The summed E-state index contributed by atoms with van der Waals surface area (Å²) in [6.45, 7) is 5.20. The lowest BCUT2D eigenvalue weighted by atomic mass is 10.3. The minimum absolute atomic E-state index is 0.0314. The second-order valence-corrected chi connectivity index (χ2v) is 4.78. The zero-order chi connectivity index (χ0) is 12.7. The molecule has 1 amide bonds. The molecule has 0 spiro atoms. The summed E-state index contributed by atoms with van der Waals surface area (Å²) >= 11 is 3.33. The van der Waals surface area contributed by atoms with Crippen LogP contribution in [0.4, 0.5) is 0 Å². The largest absolute Gasteiger partial charge is 0.355 e. The molecule has 0 aliphatic rings. The molecule has 17 heavy (non-hydrogen) atoms. The van der Waals surface area contributed by atoms with Crippen molar-refractivity contribution in [1.29, 1.82) is 0 Å². The number of hydrogen-bond acceptors (Lipinski definition) is 3. The van der Waals surface area contributed by atoms with E-state index in [1.165, 1.54) is 0 Å². The summed E-state index contributed by atoms with van der Waals surface area (Å²) < 4.78 is 0.954. The number of amides is 1. The van der Waals surface area contributed by atoms with Crippen LogP contribution in [-0.4, -0.2) is 23.5 Å². The van der Waals surface area contributed by atoms with Crippen molar-refractivity contribution in [3.63, 3.8) is 0 Å². The van der Waals surface area contributed by atoms with Gasteiger partial charge in [-0.15, -0.1) is 0 Å². The molecule has 4 nitrogen and oxygen atoms in total. The Hall–Kier alpha value is -0.940. The molecule has 0 saturated heterocycles. The number of rotatable bonds is 6. The Morgan fingerprint density at radius 1 is 1.53 bits per heavy atom. The first-order valence-electron chi connectivity index (χ1n) is 5.75. The zero-order valence-corrected chi connectivity index (χ0v) is 11.8. The van der Waals surface area contributed by atoms with Gasteiger partial charge in [0.15, 0.2) is 0 Å². The van der Waals surface area contributed by atoms with Gasteiger partial charge in [0.2, 0.25) is 5.91 Å². The van der Waals surface area contributed by atoms with Gasteiger partial charge in [-0.05, 0) is 41.4 Å². The van der Waals surface area contributed by atoms with Crippen molar-refractivity contribution in [2.24, 2.45) is 0 Å². The molecule has 0 aromatic carbocycles. The monoisotopic (exact) mass is 299 g/mol. The summed E-state index contributed by atoms with van der Waals surface area (Å²) in [5.41, 5.74) is 0.920. The number of hydrogen-bond donors (Lipinski definition) is 2. The number of carbonyl (C=O) groups excluding carboxylic acids is 1. The van der Waals surface area contributed by atoms with Crippen molar-refractivity contribution < 1.29 is 4.79 Å². The van der Waals surface area contributed by atoms with Crippen molar-refractivity contribution in [2.45, 2.75) is 32.9 Å². The maximum atomic E-state index is 11.6. The molecule has 0 radical (unpaired) electrons. The molecule has 2 N–H and O–H groups in total. The molecule has 0 fully saturated rings. The predicted molar refractivity (Wildman–Crippen MR) is 71.5 cm³/mol. The van der Waals surface area contributed by atoms with Gasteiger partial charge in [0.05, 0.1) is 11.7 Å². The van der Waals surface area contributed by atoms with E-state index in [0.717, 1.165) is 23.1 Å². The summed E-state index contributed by atoms with van der Waals surface area (Å²) in [5, 5.41) is 5.99. The molecule has 0 saturated carbocycles. The van der Waals surface area contributed by atoms with Gasteiger partial charge in [0.25, 0.3) is 0 Å². The van der Waals surface area contributed by atoms with Gasteiger partial charge in [-0.3, -0.25) is 9.78 Å². The molecule has 94 valence electrons. The van der Waals surface area contributed by atoms with Crippen molar-refractivity contribution in [1.82, 2.24) is 15.6 Å². The first-order chi connectivity index (χ1) is 8.13. The van der Waals surface area contributed by atoms with Crippen LogP contribution >= 0.6 is 15.9 Å². The second-order valence-electron chi connectivity index (χ2n) is 3.86. The lowest BCUT2D eigenvalue weighted by molar-refractivity contribution is -0.122. The molecule has 1 aromatic heterocycles. The van der Waals surface area contributed by atoms with Crippen molar-refractivity contribution in [3.05, 3.63) is 28.5 Å². The highest BCUT2D eigenvalue weighted by Crippen LogP contribution is 2.07. The standard InChI is InChI=1S/C12H18BrN3O/c1-3-6-14-12(17)9(2)15-8-11-5-4-10(13)7-16-11/h4-5,7,9,15H,3,6,8H2,1-2H3,(H,14,17). The summed E-state index contributed by atoms with van der Waals surface area (Å²) in [4.78, 5) is 15.8. The van der Waals surface area contributed by atoms with E-state index in [4.69, 9.17) is 0 Å². The van der Waals surface area contributed by atoms with Gasteiger partial charge in [0, 0.05) is 23.8 Å². The molecule has 1 unspecified atom stereocenters. The fourth-order valence-electron chi connectivity index (χ4n) is 1.26. The fourth-order valence-corrected chi connectivity index (χ4v) is 1.50. The van der Waals surface area contributed by atoms with Crippen molar-refractivity contribution >= 4 is 21.8 Å². The Balaban J connectivity index is 2.34. The fraction of sp³-hybridized carbons (Fsp3) is 0.500. The summed E-state index contributed by atoms with van der Waals surface area (Å²) in [6.07, 6.45) is 2.70. The summed E-state index contributed by atoms with van der Waals surface area (Å²) in [6, 6.07) is 3.66. The highest BCUT2D eigenvalue weighted by atomic mass is 79.9. The van der Waals surface area contributed by atoms with E-state index in [1.54, 1.807) is 6.20 Å². The molecular weight excluding hydrogens is 282 g/mol. The molecule has 1 atom stereocenters. The third-order valence-corrected chi connectivity index (χ3v) is 2.79. The van der Waals surface area contributed by atoms with Crippen LogP contribution < -0.4 is 10.6 Å². The van der Waals surface area contributed by atoms with Crippen LogP contribution in [0.3, 0.4) is 0 Å². The van der Waals surface area contributed by atoms with Crippen LogP contribution in [0.15, 0.2) is 22.8 Å². The van der Waals surface area contributed by atoms with Crippen molar-refractivity contribution in [3.8, 4) is 0 Å². The molecule has 0 aliphatic carbocycles. The molecular formula is C12H18BrN3O. The van der Waals surface area contributed by atoms with E-state index < -0.39 is 0 Å². The normalized spacial score (nSPS) is 12.2. The average Bonchev–Trinajstić information content (AvgIpc) is 2.34. The quantitative estimate of drug-likeness (QED) is 0.843. The zero-order valence-electron chi connectivity index (χ0n) is 10.2. The van der Waals surface area contributed by atoms with Crippen molar-refractivity contribution in [2.75, 3.05) is 6.54 Å². The van der Waals surface area contributed by atoms with Gasteiger partial charge >= 0.3 is 0 Å². The van der Waals surface area contributed by atoms with E-state index in [2.05, 4.69) is 31.5 Å². The Bertz CT molecular complexity index is 353. The van der Waals surface area contributed by atoms with E-state index in [-0.39, 0.29) is 11.9 Å². The summed E-state index contributed by atoms with van der Waals surface area (Å²) in [7, 11) is 0. The molecule has 1 aromatic rings. The molecule has 1 rings (SSSR count). The first kappa shape index (κ1) is 14.1. The minimum Gasteiger partial charge on any atom is -0.355 e. The van der Waals surface area contributed by atoms with Gasteiger partial charge in [-0.25, -0.2) is 0 Å². The lowest BCUT2D eigenvalue weighted by Crippen LogP contribution is -2.42. The SMILES string of the molecule is CCCNC(=O)C(C)NCc1ccc(Br)cn1. The number of nitrogens with zero attached hydrogens (tertiary/aromatic N) is 1. The topological polar surface area (TPSA) is 54.0 Å². The molecule has 5 heteroatoms. The van der Waals surface area contributed by atoms with E-state index in [1.807, 2.05) is 26.0 Å². The van der Waals surface area contributed by atoms with Gasteiger partial charge in [0.1, 0.15) is 0 Å². The third-order valence-electron chi connectivity index (χ3n) is 2.32. The smallest absolute Gasteiger partial charge is 0.236 e. The van der Waals surface area contributed by atoms with E-state index >= 15 is 0 Å².